The summed E-state index contributed by atoms with van der Waals surface area (Å²) in [5.74, 6) is 0.168. The molecule has 2 heterocycles. The van der Waals surface area contributed by atoms with Gasteiger partial charge in [-0.15, -0.1) is 11.3 Å². The third-order valence-electron chi connectivity index (χ3n) is 6.53. The number of amides is 1. The number of carbonyl (C=O) groups excluding carboxylic acids is 3. The van der Waals surface area contributed by atoms with Gasteiger partial charge in [0.15, 0.2) is 5.78 Å². The summed E-state index contributed by atoms with van der Waals surface area (Å²) in [5, 5.41) is 3.62. The molecule has 1 aromatic carbocycles. The molecule has 0 saturated carbocycles. The summed E-state index contributed by atoms with van der Waals surface area (Å²) >= 11 is 1.52. The molecule has 1 aliphatic heterocycles. The van der Waals surface area contributed by atoms with Gasteiger partial charge < -0.3 is 15.0 Å². The largest absolute Gasteiger partial charge is 0.465 e. The van der Waals surface area contributed by atoms with Gasteiger partial charge in [-0.25, -0.2) is 4.79 Å². The number of ether oxygens (including phenoxy) is 1. The molecule has 33 heavy (non-hydrogen) atoms. The van der Waals surface area contributed by atoms with Crippen molar-refractivity contribution in [2.45, 2.75) is 33.1 Å². The third-order valence-corrected chi connectivity index (χ3v) is 7.70. The van der Waals surface area contributed by atoms with Gasteiger partial charge in [0.2, 0.25) is 5.91 Å². The van der Waals surface area contributed by atoms with Gasteiger partial charge in [-0.3, -0.25) is 14.5 Å². The Morgan fingerprint density at radius 1 is 1.12 bits per heavy atom. The number of ketones is 1. The Labute approximate surface area is 198 Å². The Hall–Kier alpha value is -2.71. The molecule has 1 atom stereocenters. The molecule has 1 amide bonds. The monoisotopic (exact) mass is 469 g/mol. The number of piperazine rings is 1. The van der Waals surface area contributed by atoms with E-state index in [2.05, 4.69) is 22.0 Å². The van der Waals surface area contributed by atoms with Crippen LogP contribution in [0.4, 0.5) is 10.7 Å². The number of thiophene rings is 1. The molecule has 7 nitrogen and oxygen atoms in total. The normalized spacial score (nSPS) is 18.5. The van der Waals surface area contributed by atoms with Crippen LogP contribution in [-0.4, -0.2) is 62.4 Å². The van der Waals surface area contributed by atoms with Crippen LogP contribution in [0.5, 0.6) is 0 Å². The van der Waals surface area contributed by atoms with Gasteiger partial charge in [-0.2, -0.15) is 0 Å². The maximum atomic E-state index is 12.8. The van der Waals surface area contributed by atoms with Crippen molar-refractivity contribution in [2.24, 2.45) is 5.92 Å². The topological polar surface area (TPSA) is 79.0 Å². The van der Waals surface area contributed by atoms with Crippen LogP contribution in [0.3, 0.4) is 0 Å². The molecule has 0 bridgehead atoms. The van der Waals surface area contributed by atoms with Crippen molar-refractivity contribution in [3.63, 3.8) is 0 Å². The van der Waals surface area contributed by atoms with Gasteiger partial charge in [0.05, 0.1) is 19.2 Å². The summed E-state index contributed by atoms with van der Waals surface area (Å²) in [6.07, 6.45) is 2.83. The molecule has 0 radical (unpaired) electrons. The Morgan fingerprint density at radius 3 is 2.45 bits per heavy atom. The van der Waals surface area contributed by atoms with Crippen molar-refractivity contribution >= 4 is 39.7 Å². The van der Waals surface area contributed by atoms with E-state index in [0.717, 1.165) is 56.7 Å². The average molecular weight is 470 g/mol. The fraction of sp³-hybridized carbons (Fsp3) is 0.480. The van der Waals surface area contributed by atoms with E-state index >= 15 is 0 Å². The van der Waals surface area contributed by atoms with Crippen molar-refractivity contribution in [1.82, 2.24) is 4.90 Å². The molecule has 1 aliphatic carbocycles. The number of benzene rings is 1. The molecule has 1 aromatic heterocycles. The standard InChI is InChI=1S/C25H31N3O4S/c1-16-4-9-20-21(14-16)33-24(23(20)25(31)32-3)26-22(30)15-27-10-12-28(13-11-27)19-7-5-18(6-8-19)17(2)29/h5-8,16H,4,9-15H2,1-3H3,(H,26,30). The van der Waals surface area contributed by atoms with Crippen LogP contribution >= 0.6 is 11.3 Å². The van der Waals surface area contributed by atoms with E-state index in [1.165, 1.54) is 23.3 Å². The van der Waals surface area contributed by atoms with Gasteiger partial charge in [0.25, 0.3) is 0 Å². The van der Waals surface area contributed by atoms with Crippen LogP contribution in [0.1, 0.15) is 51.4 Å². The number of hydrogen-bond donors (Lipinski definition) is 1. The van der Waals surface area contributed by atoms with Crippen LogP contribution in [0, 0.1) is 5.92 Å². The predicted octanol–water partition coefficient (Wildman–Crippen LogP) is 3.62. The molecule has 1 fully saturated rings. The van der Waals surface area contributed by atoms with Crippen molar-refractivity contribution < 1.29 is 19.1 Å². The molecule has 1 saturated heterocycles. The fourth-order valence-corrected chi connectivity index (χ4v) is 6.01. The first kappa shape index (κ1) is 23.4. The lowest BCUT2D eigenvalue weighted by atomic mass is 9.88. The Balaban J connectivity index is 1.35. The van der Waals surface area contributed by atoms with Gasteiger partial charge in [0.1, 0.15) is 5.00 Å². The smallest absolute Gasteiger partial charge is 0.341 e. The SMILES string of the molecule is COC(=O)c1c(NC(=O)CN2CCN(c3ccc(C(C)=O)cc3)CC2)sc2c1CCC(C)C2. The zero-order valence-electron chi connectivity index (χ0n) is 19.5. The number of methoxy groups -OCH3 is 1. The highest BCUT2D eigenvalue weighted by atomic mass is 32.1. The van der Waals surface area contributed by atoms with Gasteiger partial charge >= 0.3 is 5.97 Å². The Morgan fingerprint density at radius 2 is 1.82 bits per heavy atom. The second-order valence-electron chi connectivity index (χ2n) is 8.96. The lowest BCUT2D eigenvalue weighted by Crippen LogP contribution is -2.48. The zero-order chi connectivity index (χ0) is 23.5. The number of fused-ring (bicyclic) bond motifs is 1. The zero-order valence-corrected chi connectivity index (χ0v) is 20.3. The average Bonchev–Trinajstić information content (AvgIpc) is 3.15. The third kappa shape index (κ3) is 5.28. The van der Waals surface area contributed by atoms with Gasteiger partial charge in [-0.05, 0) is 61.9 Å². The van der Waals surface area contributed by atoms with Crippen LogP contribution in [0.2, 0.25) is 0 Å². The van der Waals surface area contributed by atoms with E-state index in [9.17, 15) is 14.4 Å². The minimum Gasteiger partial charge on any atom is -0.465 e. The summed E-state index contributed by atoms with van der Waals surface area (Å²) < 4.78 is 5.02. The first-order chi connectivity index (χ1) is 15.9. The van der Waals surface area contributed by atoms with E-state index in [1.807, 2.05) is 24.3 Å². The molecule has 1 unspecified atom stereocenters. The number of anilines is 2. The van der Waals surface area contributed by atoms with Gasteiger partial charge in [0, 0.05) is 42.3 Å². The number of hydrogen-bond acceptors (Lipinski definition) is 7. The molecule has 8 heteroatoms. The van der Waals surface area contributed by atoms with Gasteiger partial charge in [-0.1, -0.05) is 6.92 Å². The summed E-state index contributed by atoms with van der Waals surface area (Å²) in [6.45, 7) is 7.23. The molecular formula is C25H31N3O4S. The van der Waals surface area contributed by atoms with E-state index < -0.39 is 0 Å². The van der Waals surface area contributed by atoms with Crippen molar-refractivity contribution in [3.8, 4) is 0 Å². The van der Waals surface area contributed by atoms with Crippen molar-refractivity contribution in [3.05, 3.63) is 45.8 Å². The van der Waals surface area contributed by atoms with Crippen LogP contribution in [0.25, 0.3) is 0 Å². The molecule has 2 aliphatic rings. The van der Waals surface area contributed by atoms with E-state index in [4.69, 9.17) is 4.74 Å². The Kier molecular flexibility index (Phi) is 7.14. The number of nitrogens with zero attached hydrogens (tertiary/aromatic N) is 2. The molecule has 176 valence electrons. The van der Waals surface area contributed by atoms with Crippen LogP contribution in [-0.2, 0) is 22.4 Å². The van der Waals surface area contributed by atoms with E-state index in [-0.39, 0.29) is 24.2 Å². The minimum absolute atomic E-state index is 0.0637. The van der Waals surface area contributed by atoms with Crippen molar-refractivity contribution in [2.75, 3.05) is 50.1 Å². The highest BCUT2D eigenvalue weighted by Gasteiger charge is 2.29. The predicted molar refractivity (Wildman–Crippen MR) is 131 cm³/mol. The van der Waals surface area contributed by atoms with E-state index in [1.54, 1.807) is 6.92 Å². The Bertz CT molecular complexity index is 1040. The molecule has 1 N–H and O–H groups in total. The molecular weight excluding hydrogens is 438 g/mol. The highest BCUT2D eigenvalue weighted by Crippen LogP contribution is 2.40. The quantitative estimate of drug-likeness (QED) is 0.514. The summed E-state index contributed by atoms with van der Waals surface area (Å²) in [6, 6.07) is 7.68. The number of Topliss-reactive ketones (excluding diaryl/α,β-unsaturated/α-hetero) is 1. The number of rotatable bonds is 6. The number of esters is 1. The van der Waals surface area contributed by atoms with E-state index in [0.29, 0.717) is 22.0 Å². The van der Waals surface area contributed by atoms with Crippen molar-refractivity contribution in [1.29, 1.82) is 0 Å². The maximum absolute atomic E-state index is 12.8. The lowest BCUT2D eigenvalue weighted by Gasteiger charge is -2.35. The summed E-state index contributed by atoms with van der Waals surface area (Å²) in [7, 11) is 1.39. The van der Waals surface area contributed by atoms with Crippen LogP contribution in [0.15, 0.2) is 24.3 Å². The fourth-order valence-electron chi connectivity index (χ4n) is 4.60. The first-order valence-electron chi connectivity index (χ1n) is 11.5. The second-order valence-corrected chi connectivity index (χ2v) is 10.1. The number of nitrogens with one attached hydrogen (secondary N) is 1. The lowest BCUT2D eigenvalue weighted by molar-refractivity contribution is -0.117. The maximum Gasteiger partial charge on any atom is 0.341 e. The first-order valence-corrected chi connectivity index (χ1v) is 12.3. The molecule has 2 aromatic rings. The highest BCUT2D eigenvalue weighted by molar-refractivity contribution is 7.17. The summed E-state index contributed by atoms with van der Waals surface area (Å²) in [4.78, 5) is 42.3. The molecule has 4 rings (SSSR count). The minimum atomic E-state index is -0.373. The van der Waals surface area contributed by atoms with Crippen LogP contribution < -0.4 is 10.2 Å². The number of carbonyl (C=O) groups is 3. The summed E-state index contributed by atoms with van der Waals surface area (Å²) in [5.41, 5.74) is 3.39. The second kappa shape index (κ2) is 10.1. The molecule has 0 spiro atoms.